The van der Waals surface area contributed by atoms with Gasteiger partial charge in [0, 0.05) is 4.90 Å². The first-order valence-corrected chi connectivity index (χ1v) is 9.66. The molecule has 2 heteroatoms. The second-order valence-corrected chi connectivity index (χ2v) is 7.76. The number of nitrogens with one attached hydrogen (secondary N) is 1. The van der Waals surface area contributed by atoms with Crippen LogP contribution in [0.5, 0.6) is 0 Å². The summed E-state index contributed by atoms with van der Waals surface area (Å²) in [6, 6.07) is 10.8. The van der Waals surface area contributed by atoms with Crippen molar-refractivity contribution in [3.05, 3.63) is 30.3 Å². The van der Waals surface area contributed by atoms with Crippen LogP contribution in [-0.4, -0.2) is 18.8 Å². The molecule has 1 aromatic carbocycles. The number of thioether (sulfide) groups is 1. The van der Waals surface area contributed by atoms with Crippen molar-refractivity contribution < 1.29 is 0 Å². The first-order valence-electron chi connectivity index (χ1n) is 8.68. The van der Waals surface area contributed by atoms with Crippen LogP contribution in [0.3, 0.4) is 0 Å². The third-order valence-corrected chi connectivity index (χ3v) is 5.78. The van der Waals surface area contributed by atoms with Crippen molar-refractivity contribution in [3.63, 3.8) is 0 Å². The lowest BCUT2D eigenvalue weighted by Gasteiger charge is -2.35. The zero-order valence-corrected chi connectivity index (χ0v) is 14.5. The third-order valence-electron chi connectivity index (χ3n) is 4.74. The number of hydrogen-bond donors (Lipinski definition) is 1. The van der Waals surface area contributed by atoms with Gasteiger partial charge in [0.25, 0.3) is 0 Å². The first-order chi connectivity index (χ1) is 10.3. The summed E-state index contributed by atoms with van der Waals surface area (Å²) in [6.45, 7) is 7.11. The topological polar surface area (TPSA) is 12.0 Å². The lowest BCUT2D eigenvalue weighted by Crippen LogP contribution is -2.33. The first kappa shape index (κ1) is 16.9. The molecule has 0 saturated heterocycles. The van der Waals surface area contributed by atoms with Gasteiger partial charge in [-0.1, -0.05) is 38.5 Å². The highest BCUT2D eigenvalue weighted by molar-refractivity contribution is 7.99. The van der Waals surface area contributed by atoms with E-state index in [9.17, 15) is 0 Å². The minimum atomic E-state index is 0.907. The molecule has 1 saturated carbocycles. The van der Waals surface area contributed by atoms with E-state index in [4.69, 9.17) is 0 Å². The maximum atomic E-state index is 3.65. The molecular formula is C19H31NS. The minimum absolute atomic E-state index is 0.907. The van der Waals surface area contributed by atoms with Gasteiger partial charge in [0.1, 0.15) is 0 Å². The van der Waals surface area contributed by atoms with Gasteiger partial charge in [-0.15, -0.1) is 11.8 Å². The Morgan fingerprint density at radius 2 is 1.95 bits per heavy atom. The zero-order chi connectivity index (χ0) is 14.9. The van der Waals surface area contributed by atoms with E-state index in [2.05, 4.69) is 49.5 Å². The molecule has 2 rings (SSSR count). The summed E-state index contributed by atoms with van der Waals surface area (Å²) in [5.41, 5.74) is 0. The van der Waals surface area contributed by atoms with Crippen LogP contribution in [0, 0.1) is 17.8 Å². The van der Waals surface area contributed by atoms with E-state index in [-0.39, 0.29) is 0 Å². The molecule has 21 heavy (non-hydrogen) atoms. The molecule has 1 N–H and O–H groups in total. The molecular weight excluding hydrogens is 274 g/mol. The van der Waals surface area contributed by atoms with Crippen molar-refractivity contribution in [2.24, 2.45) is 17.8 Å². The Hall–Kier alpha value is -0.470. The SMILES string of the molecule is CCCNCC1CCC(C)CC1CCSc1ccccc1. The normalized spacial score (nSPS) is 25.9. The molecule has 1 nitrogen and oxygen atoms in total. The molecule has 3 atom stereocenters. The van der Waals surface area contributed by atoms with Gasteiger partial charge in [-0.05, 0) is 74.4 Å². The molecule has 0 heterocycles. The van der Waals surface area contributed by atoms with Crippen LogP contribution in [0.15, 0.2) is 35.2 Å². The van der Waals surface area contributed by atoms with Gasteiger partial charge in [0.2, 0.25) is 0 Å². The number of hydrogen-bond acceptors (Lipinski definition) is 2. The van der Waals surface area contributed by atoms with Crippen LogP contribution < -0.4 is 5.32 Å². The summed E-state index contributed by atoms with van der Waals surface area (Å²) in [7, 11) is 0. The summed E-state index contributed by atoms with van der Waals surface area (Å²) < 4.78 is 0. The molecule has 1 aromatic rings. The van der Waals surface area contributed by atoms with Gasteiger partial charge >= 0.3 is 0 Å². The fraction of sp³-hybridized carbons (Fsp3) is 0.684. The van der Waals surface area contributed by atoms with Crippen molar-refractivity contribution in [2.45, 2.75) is 50.8 Å². The maximum Gasteiger partial charge on any atom is 0.00719 e. The van der Waals surface area contributed by atoms with Crippen LogP contribution in [0.25, 0.3) is 0 Å². The Labute approximate surface area is 135 Å². The Morgan fingerprint density at radius 1 is 1.14 bits per heavy atom. The van der Waals surface area contributed by atoms with Gasteiger partial charge in [-0.25, -0.2) is 0 Å². The predicted octanol–water partition coefficient (Wildman–Crippen LogP) is 5.22. The van der Waals surface area contributed by atoms with Crippen LogP contribution in [0.2, 0.25) is 0 Å². The van der Waals surface area contributed by atoms with Gasteiger partial charge < -0.3 is 5.32 Å². The van der Waals surface area contributed by atoms with E-state index in [1.807, 2.05) is 11.8 Å². The summed E-state index contributed by atoms with van der Waals surface area (Å²) in [5, 5.41) is 3.65. The Bertz CT molecular complexity index is 378. The predicted molar refractivity (Wildman–Crippen MR) is 94.9 cm³/mol. The number of benzene rings is 1. The van der Waals surface area contributed by atoms with Crippen LogP contribution in [0.4, 0.5) is 0 Å². The van der Waals surface area contributed by atoms with Crippen molar-refractivity contribution in [1.29, 1.82) is 0 Å². The quantitative estimate of drug-likeness (QED) is 0.522. The molecule has 0 amide bonds. The Morgan fingerprint density at radius 3 is 2.71 bits per heavy atom. The van der Waals surface area contributed by atoms with Crippen molar-refractivity contribution in [2.75, 3.05) is 18.8 Å². The van der Waals surface area contributed by atoms with Crippen LogP contribution in [0.1, 0.15) is 46.0 Å². The zero-order valence-electron chi connectivity index (χ0n) is 13.7. The van der Waals surface area contributed by atoms with Gasteiger partial charge in [-0.3, -0.25) is 0 Å². The summed E-state index contributed by atoms with van der Waals surface area (Å²) in [5.74, 6) is 4.03. The monoisotopic (exact) mass is 305 g/mol. The second kappa shape index (κ2) is 9.53. The van der Waals surface area contributed by atoms with Crippen molar-refractivity contribution in [3.8, 4) is 0 Å². The Balaban J connectivity index is 1.76. The standard InChI is InChI=1S/C19H31NS/c1-3-12-20-15-18-10-9-16(2)14-17(18)11-13-21-19-7-5-4-6-8-19/h4-8,16-18,20H,3,9-15H2,1-2H3. The molecule has 0 aliphatic heterocycles. The fourth-order valence-electron chi connectivity index (χ4n) is 3.49. The number of rotatable bonds is 8. The van der Waals surface area contributed by atoms with E-state index in [1.54, 1.807) is 0 Å². The Kier molecular flexibility index (Phi) is 7.66. The molecule has 0 bridgehead atoms. The molecule has 1 fully saturated rings. The smallest absolute Gasteiger partial charge is 0.00719 e. The van der Waals surface area contributed by atoms with E-state index in [0.717, 1.165) is 17.8 Å². The molecule has 0 aromatic heterocycles. The highest BCUT2D eigenvalue weighted by Gasteiger charge is 2.27. The molecule has 1 aliphatic rings. The van der Waals surface area contributed by atoms with Crippen LogP contribution >= 0.6 is 11.8 Å². The molecule has 118 valence electrons. The lowest BCUT2D eigenvalue weighted by molar-refractivity contribution is 0.181. The molecule has 0 spiro atoms. The highest BCUT2D eigenvalue weighted by atomic mass is 32.2. The van der Waals surface area contributed by atoms with Crippen LogP contribution in [-0.2, 0) is 0 Å². The highest BCUT2D eigenvalue weighted by Crippen LogP contribution is 2.36. The van der Waals surface area contributed by atoms with Gasteiger partial charge in [0.05, 0.1) is 0 Å². The largest absolute Gasteiger partial charge is 0.316 e. The van der Waals surface area contributed by atoms with Crippen molar-refractivity contribution >= 4 is 11.8 Å². The molecule has 1 aliphatic carbocycles. The second-order valence-electron chi connectivity index (χ2n) is 6.59. The van der Waals surface area contributed by atoms with E-state index < -0.39 is 0 Å². The fourth-order valence-corrected chi connectivity index (χ4v) is 4.50. The van der Waals surface area contributed by atoms with Gasteiger partial charge in [0.15, 0.2) is 0 Å². The summed E-state index contributed by atoms with van der Waals surface area (Å²) in [4.78, 5) is 1.42. The maximum absolute atomic E-state index is 3.65. The summed E-state index contributed by atoms with van der Waals surface area (Å²) in [6.07, 6.45) is 6.92. The van der Waals surface area contributed by atoms with Gasteiger partial charge in [-0.2, -0.15) is 0 Å². The molecule has 0 radical (unpaired) electrons. The third kappa shape index (κ3) is 6.04. The molecule has 3 unspecified atom stereocenters. The summed E-state index contributed by atoms with van der Waals surface area (Å²) >= 11 is 2.03. The van der Waals surface area contributed by atoms with Crippen molar-refractivity contribution in [1.82, 2.24) is 5.32 Å². The average Bonchev–Trinajstić information content (AvgIpc) is 2.51. The van der Waals surface area contributed by atoms with E-state index >= 15 is 0 Å². The van der Waals surface area contributed by atoms with E-state index in [1.165, 1.54) is 55.8 Å². The van der Waals surface area contributed by atoms with E-state index in [0.29, 0.717) is 0 Å². The average molecular weight is 306 g/mol. The minimum Gasteiger partial charge on any atom is -0.316 e. The lowest BCUT2D eigenvalue weighted by atomic mass is 9.73.